The van der Waals surface area contributed by atoms with Gasteiger partial charge in [-0.3, -0.25) is 0 Å². The fourth-order valence-corrected chi connectivity index (χ4v) is 1.13. The molecule has 0 saturated heterocycles. The van der Waals surface area contributed by atoms with Crippen LogP contribution in [0.15, 0.2) is 0 Å². The monoisotopic (exact) mass is 163 g/mol. The first-order chi connectivity index (χ1) is 5.09. The molecular weight excluding hydrogens is 141 g/mol. The van der Waals surface area contributed by atoms with E-state index in [1.54, 1.807) is 0 Å². The van der Waals surface area contributed by atoms with Crippen molar-refractivity contribution < 1.29 is 4.48 Å². The number of nitrogens with zero attached hydrogens (tertiary/aromatic N) is 1. The average Bonchev–Trinajstić information content (AvgIpc) is 1.91. The van der Waals surface area contributed by atoms with Gasteiger partial charge in [-0.1, -0.05) is 34.6 Å². The molecule has 0 amide bonds. The highest BCUT2D eigenvalue weighted by Crippen LogP contribution is 2.11. The van der Waals surface area contributed by atoms with Gasteiger partial charge in [0.25, 0.3) is 0 Å². The van der Waals surface area contributed by atoms with Crippen LogP contribution in [0.2, 0.25) is 0 Å². The maximum atomic E-state index is 12.5. The molecule has 0 aromatic carbocycles. The molecule has 0 rings (SSSR count). The smallest absolute Gasteiger partial charge is 0.0419 e. The highest BCUT2D eigenvalue weighted by molar-refractivity contribution is 4.64. The van der Waals surface area contributed by atoms with Gasteiger partial charge in [-0.05, 0) is 12.3 Å². The fourth-order valence-electron chi connectivity index (χ4n) is 1.13. The molecule has 0 N–H and O–H groups in total. The Balaban J connectivity index is 0. The van der Waals surface area contributed by atoms with Crippen molar-refractivity contribution >= 4 is 0 Å². The zero-order valence-electron chi connectivity index (χ0n) is 8.69. The molecule has 0 heterocycles. The summed E-state index contributed by atoms with van der Waals surface area (Å²) in [5, 5.41) is 0.796. The topological polar surface area (TPSA) is 3.24 Å². The Morgan fingerprint density at radius 1 is 1.27 bits per heavy atom. The quantitative estimate of drug-likeness (QED) is 0.577. The Kier molecular flexibility index (Phi) is 9.79. The summed E-state index contributed by atoms with van der Waals surface area (Å²) in [6.07, 6.45) is 0.880. The van der Waals surface area contributed by atoms with E-state index in [4.69, 9.17) is 0 Å². The van der Waals surface area contributed by atoms with Crippen molar-refractivity contribution in [1.82, 2.24) is 5.12 Å². The lowest BCUT2D eigenvalue weighted by atomic mass is 10.0. The van der Waals surface area contributed by atoms with Gasteiger partial charge in [0.15, 0.2) is 0 Å². The highest BCUT2D eigenvalue weighted by atomic mass is 19.2. The molecule has 0 aromatic rings. The number of hydrogen-bond acceptors (Lipinski definition) is 1. The van der Waals surface area contributed by atoms with E-state index in [2.05, 4.69) is 0 Å². The molecular formula is C9H22FN. The van der Waals surface area contributed by atoms with Gasteiger partial charge < -0.3 is 0 Å². The van der Waals surface area contributed by atoms with Crippen LogP contribution in [-0.2, 0) is 0 Å². The summed E-state index contributed by atoms with van der Waals surface area (Å²) in [4.78, 5) is 0. The minimum Gasteiger partial charge on any atom is -0.146 e. The van der Waals surface area contributed by atoms with E-state index in [0.717, 1.165) is 11.5 Å². The summed E-state index contributed by atoms with van der Waals surface area (Å²) < 4.78 is 12.5. The van der Waals surface area contributed by atoms with Crippen LogP contribution in [0.5, 0.6) is 0 Å². The largest absolute Gasteiger partial charge is 0.146 e. The van der Waals surface area contributed by atoms with Crippen LogP contribution >= 0.6 is 0 Å². The third kappa shape index (κ3) is 6.29. The van der Waals surface area contributed by atoms with E-state index in [1.807, 2.05) is 34.6 Å². The van der Waals surface area contributed by atoms with Crippen molar-refractivity contribution in [3.8, 4) is 0 Å². The van der Waals surface area contributed by atoms with Gasteiger partial charge in [0.2, 0.25) is 0 Å². The lowest BCUT2D eigenvalue weighted by Crippen LogP contribution is -2.28. The van der Waals surface area contributed by atoms with E-state index in [0.29, 0.717) is 5.92 Å². The summed E-state index contributed by atoms with van der Waals surface area (Å²) in [5.74, 6) is 0.407. The van der Waals surface area contributed by atoms with E-state index in [9.17, 15) is 4.48 Å². The summed E-state index contributed by atoms with van der Waals surface area (Å²) in [5.41, 5.74) is 0. The Morgan fingerprint density at radius 2 is 1.64 bits per heavy atom. The first-order valence-corrected chi connectivity index (χ1v) is 4.48. The molecule has 0 fully saturated rings. The number of rotatable bonds is 3. The third-order valence-electron chi connectivity index (χ3n) is 1.64. The van der Waals surface area contributed by atoms with Crippen LogP contribution in [0.1, 0.15) is 41.0 Å². The highest BCUT2D eigenvalue weighted by Gasteiger charge is 2.15. The Labute approximate surface area is 70.5 Å². The summed E-state index contributed by atoms with van der Waals surface area (Å²) in [6, 6.07) is 0.0880. The van der Waals surface area contributed by atoms with Crippen LogP contribution in [0.3, 0.4) is 0 Å². The summed E-state index contributed by atoms with van der Waals surface area (Å²) in [6.45, 7) is 10.1. The molecule has 2 heteroatoms. The molecule has 0 spiro atoms. The van der Waals surface area contributed by atoms with Gasteiger partial charge in [-0.2, -0.15) is 0 Å². The maximum absolute atomic E-state index is 12.5. The minimum atomic E-state index is 0.0880. The van der Waals surface area contributed by atoms with Crippen molar-refractivity contribution in [3.05, 3.63) is 0 Å². The molecule has 0 radical (unpaired) electrons. The Morgan fingerprint density at radius 3 is 1.64 bits per heavy atom. The third-order valence-corrected chi connectivity index (χ3v) is 1.64. The van der Waals surface area contributed by atoms with Crippen molar-refractivity contribution in [2.45, 2.75) is 47.1 Å². The van der Waals surface area contributed by atoms with Crippen LogP contribution in [-0.4, -0.2) is 18.2 Å². The summed E-state index contributed by atoms with van der Waals surface area (Å²) in [7, 11) is 1.48. The van der Waals surface area contributed by atoms with Gasteiger partial charge in [-0.25, -0.2) is 0 Å². The van der Waals surface area contributed by atoms with Gasteiger partial charge in [0.1, 0.15) is 0 Å². The van der Waals surface area contributed by atoms with E-state index in [-0.39, 0.29) is 6.04 Å². The maximum Gasteiger partial charge on any atom is 0.0419 e. The second-order valence-electron chi connectivity index (χ2n) is 2.74. The van der Waals surface area contributed by atoms with E-state index >= 15 is 0 Å². The summed E-state index contributed by atoms with van der Waals surface area (Å²) >= 11 is 0. The molecule has 0 aromatic heterocycles. The molecule has 1 atom stereocenters. The molecule has 1 nitrogen and oxygen atoms in total. The van der Waals surface area contributed by atoms with Crippen molar-refractivity contribution in [2.24, 2.45) is 5.92 Å². The first kappa shape index (κ1) is 13.5. The minimum absolute atomic E-state index is 0.0880. The second kappa shape index (κ2) is 7.99. The fraction of sp³-hybridized carbons (Fsp3) is 1.00. The molecule has 70 valence electrons. The molecule has 0 aliphatic heterocycles. The van der Waals surface area contributed by atoms with Crippen LogP contribution in [0.25, 0.3) is 0 Å². The molecule has 0 aliphatic rings. The number of halogens is 1. The SMILES string of the molecule is CC.CCC(C(C)C)N(C)F. The van der Waals surface area contributed by atoms with E-state index < -0.39 is 0 Å². The van der Waals surface area contributed by atoms with Gasteiger partial charge >= 0.3 is 0 Å². The Bertz CT molecular complexity index is 64.0. The normalized spacial score (nSPS) is 12.8. The standard InChI is InChI=1S/C7H16FN.C2H6/c1-5-7(6(2)3)9(4)8;1-2/h6-7H,5H2,1-4H3;1-2H3. The first-order valence-electron chi connectivity index (χ1n) is 4.48. The molecule has 0 saturated carbocycles. The average molecular weight is 163 g/mol. The van der Waals surface area contributed by atoms with Crippen LogP contribution in [0, 0.1) is 5.92 Å². The van der Waals surface area contributed by atoms with E-state index in [1.165, 1.54) is 7.05 Å². The van der Waals surface area contributed by atoms with Gasteiger partial charge in [-0.15, -0.1) is 9.60 Å². The van der Waals surface area contributed by atoms with Crippen molar-refractivity contribution in [1.29, 1.82) is 0 Å². The molecule has 0 aliphatic carbocycles. The lowest BCUT2D eigenvalue weighted by molar-refractivity contribution is -0.0127. The zero-order valence-corrected chi connectivity index (χ0v) is 8.69. The Hall–Kier alpha value is -0.110. The van der Waals surface area contributed by atoms with Crippen molar-refractivity contribution in [2.75, 3.05) is 7.05 Å². The predicted octanol–water partition coefficient (Wildman–Crippen LogP) is 3.26. The van der Waals surface area contributed by atoms with Crippen LogP contribution in [0.4, 0.5) is 4.48 Å². The van der Waals surface area contributed by atoms with Crippen LogP contribution < -0.4 is 0 Å². The van der Waals surface area contributed by atoms with Gasteiger partial charge in [0, 0.05) is 13.1 Å². The second-order valence-corrected chi connectivity index (χ2v) is 2.74. The lowest BCUT2D eigenvalue weighted by Gasteiger charge is -2.21. The molecule has 11 heavy (non-hydrogen) atoms. The molecule has 0 bridgehead atoms. The predicted molar refractivity (Wildman–Crippen MR) is 49.1 cm³/mol. The molecule has 1 unspecified atom stereocenters. The van der Waals surface area contributed by atoms with Crippen molar-refractivity contribution in [3.63, 3.8) is 0 Å². The van der Waals surface area contributed by atoms with Gasteiger partial charge in [0.05, 0.1) is 0 Å². The zero-order chi connectivity index (χ0) is 9.44. The number of hydrogen-bond donors (Lipinski definition) is 0.